The average Bonchev–Trinajstić information content (AvgIpc) is 2.87. The Hall–Kier alpha value is -2.15. The molecular formula is C9H8ClN7. The number of halogens is 1. The summed E-state index contributed by atoms with van der Waals surface area (Å²) in [5, 5.41) is 14.8. The highest BCUT2D eigenvalue weighted by molar-refractivity contribution is 6.28. The van der Waals surface area contributed by atoms with Gasteiger partial charge < -0.3 is 5.32 Å². The van der Waals surface area contributed by atoms with Crippen molar-refractivity contribution in [2.45, 2.75) is 0 Å². The maximum atomic E-state index is 5.82. The van der Waals surface area contributed by atoms with Crippen LogP contribution in [0.1, 0.15) is 0 Å². The summed E-state index contributed by atoms with van der Waals surface area (Å²) in [5.41, 5.74) is 1.42. The Kier molecular flexibility index (Phi) is 2.19. The van der Waals surface area contributed by atoms with Gasteiger partial charge in [-0.25, -0.2) is 0 Å². The normalized spacial score (nSPS) is 10.9. The van der Waals surface area contributed by atoms with E-state index in [1.165, 1.54) is 0 Å². The minimum absolute atomic E-state index is 0.160. The van der Waals surface area contributed by atoms with Crippen LogP contribution < -0.4 is 5.32 Å². The highest BCUT2D eigenvalue weighted by Crippen LogP contribution is 2.23. The van der Waals surface area contributed by atoms with Gasteiger partial charge in [0.2, 0.25) is 5.28 Å². The Bertz CT molecular complexity index is 671. The van der Waals surface area contributed by atoms with Crippen LogP contribution in [-0.2, 0) is 7.05 Å². The Morgan fingerprint density at radius 1 is 1.35 bits per heavy atom. The van der Waals surface area contributed by atoms with E-state index in [2.05, 4.69) is 30.6 Å². The molecule has 7 nitrogen and oxygen atoms in total. The van der Waals surface area contributed by atoms with Crippen LogP contribution in [0.15, 0.2) is 18.6 Å². The van der Waals surface area contributed by atoms with Crippen LogP contribution in [0.3, 0.4) is 0 Å². The molecule has 0 aliphatic carbocycles. The van der Waals surface area contributed by atoms with E-state index >= 15 is 0 Å². The van der Waals surface area contributed by atoms with Crippen molar-refractivity contribution < 1.29 is 0 Å². The number of hydrogen-bond acceptors (Lipinski definition) is 5. The maximum absolute atomic E-state index is 5.82. The van der Waals surface area contributed by atoms with Crippen molar-refractivity contribution in [3.05, 3.63) is 23.9 Å². The fourth-order valence-corrected chi connectivity index (χ4v) is 1.69. The van der Waals surface area contributed by atoms with Gasteiger partial charge in [0, 0.05) is 13.2 Å². The third-order valence-corrected chi connectivity index (χ3v) is 2.42. The summed E-state index contributed by atoms with van der Waals surface area (Å²) < 4.78 is 1.69. The minimum Gasteiger partial charge on any atom is -0.337 e. The molecule has 2 N–H and O–H groups in total. The van der Waals surface area contributed by atoms with E-state index in [1.807, 2.05) is 13.2 Å². The predicted molar refractivity (Wildman–Crippen MR) is 63.2 cm³/mol. The van der Waals surface area contributed by atoms with Crippen LogP contribution in [-0.4, -0.2) is 29.9 Å². The molecular weight excluding hydrogens is 242 g/mol. The molecule has 0 aromatic carbocycles. The lowest BCUT2D eigenvalue weighted by Crippen LogP contribution is -1.95. The van der Waals surface area contributed by atoms with Gasteiger partial charge >= 0.3 is 0 Å². The molecule has 0 saturated heterocycles. The van der Waals surface area contributed by atoms with E-state index in [0.29, 0.717) is 11.5 Å². The van der Waals surface area contributed by atoms with Gasteiger partial charge in [-0.2, -0.15) is 20.2 Å². The van der Waals surface area contributed by atoms with E-state index in [0.717, 1.165) is 11.1 Å². The number of aromatic amines is 1. The van der Waals surface area contributed by atoms with Gasteiger partial charge in [-0.05, 0) is 11.6 Å². The lowest BCUT2D eigenvalue weighted by atomic mass is 10.4. The van der Waals surface area contributed by atoms with Gasteiger partial charge in [-0.3, -0.25) is 9.78 Å². The van der Waals surface area contributed by atoms with E-state index < -0.39 is 0 Å². The van der Waals surface area contributed by atoms with Crippen molar-refractivity contribution in [1.82, 2.24) is 29.9 Å². The van der Waals surface area contributed by atoms with Crippen LogP contribution in [0.5, 0.6) is 0 Å². The van der Waals surface area contributed by atoms with Gasteiger partial charge in [0.05, 0.1) is 23.5 Å². The Balaban J connectivity index is 2.07. The SMILES string of the molecule is Cn1cc(Nc2nc(Cl)nc3[nH]ncc23)cn1. The number of H-pyrrole nitrogens is 1. The molecule has 0 amide bonds. The van der Waals surface area contributed by atoms with Crippen LogP contribution >= 0.6 is 11.6 Å². The number of rotatable bonds is 2. The molecule has 17 heavy (non-hydrogen) atoms. The van der Waals surface area contributed by atoms with Gasteiger partial charge in [-0.15, -0.1) is 0 Å². The zero-order valence-electron chi connectivity index (χ0n) is 8.85. The molecule has 3 aromatic heterocycles. The quantitative estimate of drug-likeness (QED) is 0.672. The first-order valence-corrected chi connectivity index (χ1v) is 5.22. The van der Waals surface area contributed by atoms with E-state index in [9.17, 15) is 0 Å². The number of aryl methyl sites for hydroxylation is 1. The zero-order valence-corrected chi connectivity index (χ0v) is 9.60. The first kappa shape index (κ1) is 10.0. The summed E-state index contributed by atoms with van der Waals surface area (Å²) in [5.74, 6) is 0.599. The standard InChI is InChI=1S/C9H8ClN7/c1-17-4-5(2-12-17)13-7-6-3-11-16-8(6)15-9(10)14-7/h2-4H,1H3,(H2,11,13,14,15,16). The minimum atomic E-state index is 0.160. The smallest absolute Gasteiger partial charge is 0.226 e. The lowest BCUT2D eigenvalue weighted by Gasteiger charge is -2.03. The molecule has 0 unspecified atom stereocenters. The Morgan fingerprint density at radius 3 is 3.00 bits per heavy atom. The van der Waals surface area contributed by atoms with Crippen LogP contribution in [0.25, 0.3) is 11.0 Å². The van der Waals surface area contributed by atoms with Crippen molar-refractivity contribution in [3.63, 3.8) is 0 Å². The average molecular weight is 250 g/mol. The molecule has 0 radical (unpaired) electrons. The molecule has 3 heterocycles. The fraction of sp³-hybridized carbons (Fsp3) is 0.111. The van der Waals surface area contributed by atoms with Crippen molar-refractivity contribution in [2.75, 3.05) is 5.32 Å². The summed E-state index contributed by atoms with van der Waals surface area (Å²) in [4.78, 5) is 8.14. The summed E-state index contributed by atoms with van der Waals surface area (Å²) in [6.45, 7) is 0. The monoisotopic (exact) mass is 249 g/mol. The first-order valence-electron chi connectivity index (χ1n) is 4.84. The van der Waals surface area contributed by atoms with Crippen molar-refractivity contribution >= 4 is 34.1 Å². The summed E-state index contributed by atoms with van der Waals surface area (Å²) >= 11 is 5.82. The van der Waals surface area contributed by atoms with Crippen LogP contribution in [0.4, 0.5) is 11.5 Å². The topological polar surface area (TPSA) is 84.3 Å². The number of fused-ring (bicyclic) bond motifs is 1. The fourth-order valence-electron chi connectivity index (χ4n) is 1.53. The highest BCUT2D eigenvalue weighted by atomic mass is 35.5. The number of nitrogens with one attached hydrogen (secondary N) is 2. The van der Waals surface area contributed by atoms with Gasteiger partial charge in [0.15, 0.2) is 5.65 Å². The van der Waals surface area contributed by atoms with Gasteiger partial charge in [0.1, 0.15) is 5.82 Å². The molecule has 0 bridgehead atoms. The third-order valence-electron chi connectivity index (χ3n) is 2.25. The first-order chi connectivity index (χ1) is 8.22. The van der Waals surface area contributed by atoms with Gasteiger partial charge in [0.25, 0.3) is 0 Å². The zero-order chi connectivity index (χ0) is 11.8. The van der Waals surface area contributed by atoms with Crippen LogP contribution in [0.2, 0.25) is 5.28 Å². The van der Waals surface area contributed by atoms with Crippen molar-refractivity contribution in [3.8, 4) is 0 Å². The maximum Gasteiger partial charge on any atom is 0.226 e. The molecule has 8 heteroatoms. The third kappa shape index (κ3) is 1.80. The Labute approximate surface area is 101 Å². The number of hydrogen-bond donors (Lipinski definition) is 2. The van der Waals surface area contributed by atoms with Crippen molar-refractivity contribution in [2.24, 2.45) is 7.05 Å². The molecule has 0 atom stereocenters. The van der Waals surface area contributed by atoms with Crippen LogP contribution in [0, 0.1) is 0 Å². The second-order valence-corrected chi connectivity index (χ2v) is 3.84. The Morgan fingerprint density at radius 2 is 2.24 bits per heavy atom. The molecule has 0 spiro atoms. The predicted octanol–water partition coefficient (Wildman–Crippen LogP) is 1.48. The molecule has 3 aromatic rings. The van der Waals surface area contributed by atoms with E-state index in [1.54, 1.807) is 17.1 Å². The second-order valence-electron chi connectivity index (χ2n) is 3.50. The summed E-state index contributed by atoms with van der Waals surface area (Å²) in [6, 6.07) is 0. The van der Waals surface area contributed by atoms with E-state index in [4.69, 9.17) is 11.6 Å². The summed E-state index contributed by atoms with van der Waals surface area (Å²) in [6.07, 6.45) is 5.17. The highest BCUT2D eigenvalue weighted by Gasteiger charge is 2.09. The lowest BCUT2D eigenvalue weighted by molar-refractivity contribution is 0.768. The molecule has 0 fully saturated rings. The molecule has 3 rings (SSSR count). The number of nitrogens with zero attached hydrogens (tertiary/aromatic N) is 5. The van der Waals surface area contributed by atoms with Crippen molar-refractivity contribution in [1.29, 1.82) is 0 Å². The number of anilines is 2. The molecule has 0 aliphatic heterocycles. The summed E-state index contributed by atoms with van der Waals surface area (Å²) in [7, 11) is 1.84. The number of aromatic nitrogens is 6. The van der Waals surface area contributed by atoms with E-state index in [-0.39, 0.29) is 5.28 Å². The molecule has 86 valence electrons. The largest absolute Gasteiger partial charge is 0.337 e. The molecule has 0 saturated carbocycles. The molecule has 0 aliphatic rings. The second kappa shape index (κ2) is 3.70. The van der Waals surface area contributed by atoms with Gasteiger partial charge in [-0.1, -0.05) is 0 Å².